The molecule has 0 radical (unpaired) electrons. The van der Waals surface area contributed by atoms with Crippen LogP contribution in [0.2, 0.25) is 5.02 Å². The SMILES string of the molecule is CC(C)(Oc1ccc(Cl)cc1)/C(=N\C#N)NC1C2CC3CC1CC(O)(C3)C2. The van der Waals surface area contributed by atoms with E-state index in [1.54, 1.807) is 12.1 Å². The van der Waals surface area contributed by atoms with Crippen molar-refractivity contribution < 1.29 is 9.84 Å². The molecule has 0 spiro atoms. The minimum Gasteiger partial charge on any atom is -0.480 e. The fourth-order valence-corrected chi connectivity index (χ4v) is 5.74. The summed E-state index contributed by atoms with van der Waals surface area (Å²) >= 11 is 5.95. The molecular formula is C21H26ClN3O2. The summed E-state index contributed by atoms with van der Waals surface area (Å²) in [5.41, 5.74) is -1.26. The highest BCUT2D eigenvalue weighted by Crippen LogP contribution is 2.55. The van der Waals surface area contributed by atoms with Crippen LogP contribution in [0, 0.1) is 29.2 Å². The maximum absolute atomic E-state index is 10.8. The quantitative estimate of drug-likeness (QED) is 0.466. The zero-order valence-corrected chi connectivity index (χ0v) is 16.5. The van der Waals surface area contributed by atoms with Crippen molar-refractivity contribution in [3.63, 3.8) is 0 Å². The molecule has 6 heteroatoms. The summed E-state index contributed by atoms with van der Waals surface area (Å²) in [5, 5.41) is 24.2. The predicted octanol–water partition coefficient (Wildman–Crippen LogP) is 3.91. The van der Waals surface area contributed by atoms with Crippen LogP contribution in [-0.2, 0) is 0 Å². The molecule has 2 N–H and O–H groups in total. The molecule has 5 rings (SSSR count). The Morgan fingerprint density at radius 3 is 2.44 bits per heavy atom. The first kappa shape index (κ1) is 18.6. The third kappa shape index (κ3) is 3.66. The number of rotatable bonds is 4. The van der Waals surface area contributed by atoms with Gasteiger partial charge in [0.25, 0.3) is 0 Å². The lowest BCUT2D eigenvalue weighted by Crippen LogP contribution is -2.63. The van der Waals surface area contributed by atoms with Crippen LogP contribution in [0.1, 0.15) is 46.0 Å². The van der Waals surface area contributed by atoms with E-state index in [0.717, 1.165) is 32.1 Å². The van der Waals surface area contributed by atoms with Gasteiger partial charge in [-0.2, -0.15) is 10.3 Å². The number of ether oxygens (including phenoxy) is 1. The second-order valence-electron chi connectivity index (χ2n) is 8.99. The van der Waals surface area contributed by atoms with Gasteiger partial charge in [-0.15, -0.1) is 0 Å². The Kier molecular flexibility index (Phi) is 4.60. The molecule has 0 amide bonds. The van der Waals surface area contributed by atoms with Crippen molar-refractivity contribution in [2.24, 2.45) is 22.7 Å². The van der Waals surface area contributed by atoms with Gasteiger partial charge in [0, 0.05) is 11.1 Å². The summed E-state index contributed by atoms with van der Waals surface area (Å²) < 4.78 is 6.13. The van der Waals surface area contributed by atoms with Crippen molar-refractivity contribution >= 4 is 17.4 Å². The van der Waals surface area contributed by atoms with Gasteiger partial charge in [0.15, 0.2) is 11.4 Å². The van der Waals surface area contributed by atoms with E-state index in [4.69, 9.17) is 16.3 Å². The molecule has 0 aliphatic heterocycles. The number of halogens is 1. The molecule has 4 bridgehead atoms. The molecule has 27 heavy (non-hydrogen) atoms. The van der Waals surface area contributed by atoms with Crippen LogP contribution in [0.25, 0.3) is 0 Å². The molecule has 144 valence electrons. The normalized spacial score (nSPS) is 35.0. The van der Waals surface area contributed by atoms with Crippen molar-refractivity contribution in [3.05, 3.63) is 29.3 Å². The van der Waals surface area contributed by atoms with Gasteiger partial charge < -0.3 is 15.2 Å². The molecule has 1 aromatic carbocycles. The lowest BCUT2D eigenvalue weighted by Gasteiger charge is -2.58. The van der Waals surface area contributed by atoms with E-state index in [2.05, 4.69) is 10.3 Å². The average Bonchev–Trinajstić information content (AvgIpc) is 2.57. The lowest BCUT2D eigenvalue weighted by molar-refractivity contribution is -0.136. The molecule has 4 saturated carbocycles. The van der Waals surface area contributed by atoms with Crippen LogP contribution in [0.3, 0.4) is 0 Å². The molecule has 2 atom stereocenters. The number of hydrogen-bond donors (Lipinski definition) is 2. The summed E-state index contributed by atoms with van der Waals surface area (Å²) in [5.74, 6) is 2.72. The van der Waals surface area contributed by atoms with Crippen molar-refractivity contribution in [1.82, 2.24) is 5.32 Å². The Morgan fingerprint density at radius 1 is 1.26 bits per heavy atom. The van der Waals surface area contributed by atoms with Crippen LogP contribution in [0.15, 0.2) is 29.3 Å². The zero-order valence-electron chi connectivity index (χ0n) is 15.8. The van der Waals surface area contributed by atoms with E-state index in [9.17, 15) is 10.4 Å². The molecule has 5 nitrogen and oxygen atoms in total. The van der Waals surface area contributed by atoms with Gasteiger partial charge in [0.2, 0.25) is 6.19 Å². The van der Waals surface area contributed by atoms with Crippen molar-refractivity contribution in [1.29, 1.82) is 5.26 Å². The maximum atomic E-state index is 10.8. The van der Waals surface area contributed by atoms with E-state index in [1.807, 2.05) is 32.2 Å². The molecule has 0 heterocycles. The second-order valence-corrected chi connectivity index (χ2v) is 9.43. The Hall–Kier alpha value is -1.77. The summed E-state index contributed by atoms with van der Waals surface area (Å²) in [6, 6.07) is 7.42. The number of benzene rings is 1. The first-order chi connectivity index (χ1) is 12.8. The summed E-state index contributed by atoms with van der Waals surface area (Å²) in [6.07, 6.45) is 6.86. The molecule has 0 aromatic heterocycles. The topological polar surface area (TPSA) is 77.6 Å². The van der Waals surface area contributed by atoms with Gasteiger partial charge in [-0.25, -0.2) is 0 Å². The van der Waals surface area contributed by atoms with Crippen molar-refractivity contribution in [3.8, 4) is 11.9 Å². The van der Waals surface area contributed by atoms with Gasteiger partial charge in [-0.05, 0) is 88.0 Å². The summed E-state index contributed by atoms with van der Waals surface area (Å²) in [4.78, 5) is 4.08. The minimum atomic E-state index is -0.783. The van der Waals surface area contributed by atoms with Gasteiger partial charge in [0.05, 0.1) is 5.60 Å². The van der Waals surface area contributed by atoms with Crippen LogP contribution in [-0.4, -0.2) is 28.2 Å². The molecule has 0 saturated heterocycles. The van der Waals surface area contributed by atoms with Gasteiger partial charge in [-0.1, -0.05) is 11.6 Å². The van der Waals surface area contributed by atoms with Gasteiger partial charge in [-0.3, -0.25) is 0 Å². The zero-order chi connectivity index (χ0) is 19.2. The standard InChI is InChI=1S/C21H26ClN3O2/c1-20(2,27-17-5-3-16(22)4-6-17)19(24-12-23)25-18-14-7-13-8-15(18)11-21(26,9-13)10-14/h3-6,13-15,18,26H,7-11H2,1-2H3,(H,24,25). The third-order valence-corrected chi connectivity index (χ3v) is 6.71. The maximum Gasteiger partial charge on any atom is 0.207 e. The monoisotopic (exact) mass is 387 g/mol. The van der Waals surface area contributed by atoms with E-state index < -0.39 is 11.2 Å². The van der Waals surface area contributed by atoms with Crippen molar-refractivity contribution in [2.75, 3.05) is 0 Å². The number of aliphatic hydroxyl groups is 1. The summed E-state index contributed by atoms with van der Waals surface area (Å²) in [7, 11) is 0. The fourth-order valence-electron chi connectivity index (χ4n) is 5.61. The first-order valence-corrected chi connectivity index (χ1v) is 10.1. The van der Waals surface area contributed by atoms with Crippen molar-refractivity contribution in [2.45, 2.75) is 63.2 Å². The fraction of sp³-hybridized carbons (Fsp3) is 0.619. The lowest BCUT2D eigenvalue weighted by atomic mass is 9.52. The van der Waals surface area contributed by atoms with Crippen LogP contribution in [0.5, 0.6) is 5.75 Å². The second kappa shape index (κ2) is 6.68. The Labute approximate surface area is 165 Å². The highest BCUT2D eigenvalue weighted by atomic mass is 35.5. The van der Waals surface area contributed by atoms with E-state index >= 15 is 0 Å². The number of hydrogen-bond acceptors (Lipinski definition) is 4. The van der Waals surface area contributed by atoms with E-state index in [1.165, 1.54) is 0 Å². The third-order valence-electron chi connectivity index (χ3n) is 6.46. The highest BCUT2D eigenvalue weighted by Gasteiger charge is 2.55. The Morgan fingerprint density at radius 2 is 1.89 bits per heavy atom. The first-order valence-electron chi connectivity index (χ1n) is 9.69. The molecule has 2 unspecified atom stereocenters. The Bertz CT molecular complexity index is 768. The van der Waals surface area contributed by atoms with E-state index in [0.29, 0.717) is 34.4 Å². The number of nitriles is 1. The number of nitrogens with one attached hydrogen (secondary N) is 1. The number of amidine groups is 1. The average molecular weight is 388 g/mol. The predicted molar refractivity (Wildman–Crippen MR) is 105 cm³/mol. The van der Waals surface area contributed by atoms with Crippen LogP contribution >= 0.6 is 11.6 Å². The molecule has 4 aliphatic rings. The van der Waals surface area contributed by atoms with Gasteiger partial charge >= 0.3 is 0 Å². The minimum absolute atomic E-state index is 0.238. The highest BCUT2D eigenvalue weighted by molar-refractivity contribution is 6.30. The Balaban J connectivity index is 1.52. The van der Waals surface area contributed by atoms with Crippen LogP contribution in [0.4, 0.5) is 0 Å². The van der Waals surface area contributed by atoms with Gasteiger partial charge in [0.1, 0.15) is 5.75 Å². The van der Waals surface area contributed by atoms with E-state index in [-0.39, 0.29) is 6.04 Å². The molecule has 1 aromatic rings. The number of nitrogens with zero attached hydrogens (tertiary/aromatic N) is 2. The number of aliphatic imine (C=N–C) groups is 1. The molecular weight excluding hydrogens is 362 g/mol. The smallest absolute Gasteiger partial charge is 0.207 e. The van der Waals surface area contributed by atoms with Crippen LogP contribution < -0.4 is 10.1 Å². The molecule has 4 aliphatic carbocycles. The molecule has 4 fully saturated rings. The largest absolute Gasteiger partial charge is 0.480 e. The summed E-state index contributed by atoms with van der Waals surface area (Å²) in [6.45, 7) is 3.82.